The summed E-state index contributed by atoms with van der Waals surface area (Å²) in [4.78, 5) is 22.6. The predicted octanol–water partition coefficient (Wildman–Crippen LogP) is 1.61. The first-order valence-corrected chi connectivity index (χ1v) is 6.65. The van der Waals surface area contributed by atoms with Crippen LogP contribution in [-0.2, 0) is 9.53 Å². The first kappa shape index (κ1) is 14.5. The van der Waals surface area contributed by atoms with Crippen LogP contribution in [0.1, 0.15) is 30.5 Å². The summed E-state index contributed by atoms with van der Waals surface area (Å²) < 4.78 is 4.93. The fourth-order valence-electron chi connectivity index (χ4n) is 2.48. The van der Waals surface area contributed by atoms with Gasteiger partial charge in [0.05, 0.1) is 6.61 Å². The second kappa shape index (κ2) is 6.00. The molecule has 1 fully saturated rings. The number of nitro groups is 1. The minimum absolute atomic E-state index is 0.157. The Labute approximate surface area is 117 Å². The Hall–Kier alpha value is -1.95. The van der Waals surface area contributed by atoms with Gasteiger partial charge in [0.15, 0.2) is 0 Å². The van der Waals surface area contributed by atoms with Crippen molar-refractivity contribution in [2.75, 3.05) is 6.61 Å². The van der Waals surface area contributed by atoms with Crippen molar-refractivity contribution in [1.82, 2.24) is 5.32 Å². The summed E-state index contributed by atoms with van der Waals surface area (Å²) in [7, 11) is 0. The number of hydrogen-bond acceptors (Lipinski definition) is 5. The fourth-order valence-corrected chi connectivity index (χ4v) is 2.48. The molecule has 0 radical (unpaired) electrons. The number of carbonyl (C=O) groups excluding carboxylic acids is 1. The van der Waals surface area contributed by atoms with Crippen LogP contribution >= 0.6 is 0 Å². The number of nitrogens with zero attached hydrogens (tertiary/aromatic N) is 1. The van der Waals surface area contributed by atoms with E-state index < -0.39 is 24.1 Å². The number of esters is 1. The van der Waals surface area contributed by atoms with Crippen LogP contribution in [0.2, 0.25) is 0 Å². The molecule has 3 atom stereocenters. The SMILES string of the molecule is CCOC(=O)[C@@H]1C[C@H]([N+](=O)[O-])[C@H](c2ccc(C)cc2)N1. The quantitative estimate of drug-likeness (QED) is 0.514. The van der Waals surface area contributed by atoms with E-state index in [1.54, 1.807) is 6.92 Å². The van der Waals surface area contributed by atoms with E-state index in [1.807, 2.05) is 31.2 Å². The van der Waals surface area contributed by atoms with Crippen molar-refractivity contribution in [3.63, 3.8) is 0 Å². The minimum atomic E-state index is -0.813. The third-order valence-electron chi connectivity index (χ3n) is 3.52. The molecule has 0 aromatic heterocycles. The van der Waals surface area contributed by atoms with Crippen molar-refractivity contribution < 1.29 is 14.5 Å². The highest BCUT2D eigenvalue weighted by Crippen LogP contribution is 2.29. The van der Waals surface area contributed by atoms with E-state index in [-0.39, 0.29) is 18.0 Å². The molecule has 1 saturated heterocycles. The molecule has 0 aliphatic carbocycles. The van der Waals surface area contributed by atoms with E-state index in [9.17, 15) is 14.9 Å². The molecule has 1 aromatic carbocycles. The van der Waals surface area contributed by atoms with Crippen LogP contribution < -0.4 is 5.32 Å². The number of benzene rings is 1. The second-order valence-corrected chi connectivity index (χ2v) is 4.95. The zero-order valence-electron chi connectivity index (χ0n) is 11.5. The van der Waals surface area contributed by atoms with E-state index in [2.05, 4.69) is 5.32 Å². The maximum Gasteiger partial charge on any atom is 0.323 e. The predicted molar refractivity (Wildman–Crippen MR) is 72.9 cm³/mol. The third-order valence-corrected chi connectivity index (χ3v) is 3.52. The van der Waals surface area contributed by atoms with Crippen LogP contribution in [0.4, 0.5) is 0 Å². The van der Waals surface area contributed by atoms with Crippen LogP contribution in [0, 0.1) is 17.0 Å². The Morgan fingerprint density at radius 1 is 1.45 bits per heavy atom. The Bertz CT molecular complexity index is 500. The number of rotatable bonds is 4. The molecule has 2 rings (SSSR count). The van der Waals surface area contributed by atoms with Gasteiger partial charge in [0, 0.05) is 11.3 Å². The zero-order valence-corrected chi connectivity index (χ0v) is 11.5. The lowest BCUT2D eigenvalue weighted by Crippen LogP contribution is -2.34. The molecule has 1 aliphatic heterocycles. The summed E-state index contributed by atoms with van der Waals surface area (Å²) in [6.45, 7) is 3.95. The van der Waals surface area contributed by atoms with E-state index in [0.717, 1.165) is 11.1 Å². The van der Waals surface area contributed by atoms with Gasteiger partial charge in [-0.15, -0.1) is 0 Å². The van der Waals surface area contributed by atoms with Crippen LogP contribution in [0.15, 0.2) is 24.3 Å². The first-order chi connectivity index (χ1) is 9.52. The van der Waals surface area contributed by atoms with Gasteiger partial charge in [0.1, 0.15) is 12.1 Å². The van der Waals surface area contributed by atoms with Crippen LogP contribution in [-0.4, -0.2) is 29.6 Å². The van der Waals surface area contributed by atoms with Crippen molar-refractivity contribution in [2.24, 2.45) is 0 Å². The molecular formula is C14H18N2O4. The number of carbonyl (C=O) groups is 1. The molecule has 1 aliphatic rings. The Kier molecular flexibility index (Phi) is 4.34. The van der Waals surface area contributed by atoms with E-state index in [4.69, 9.17) is 4.74 Å². The second-order valence-electron chi connectivity index (χ2n) is 4.95. The van der Waals surface area contributed by atoms with Gasteiger partial charge in [-0.3, -0.25) is 20.2 Å². The number of hydrogen-bond donors (Lipinski definition) is 1. The Morgan fingerprint density at radius 3 is 2.65 bits per heavy atom. The molecule has 6 heteroatoms. The van der Waals surface area contributed by atoms with Crippen molar-refractivity contribution in [3.05, 3.63) is 45.5 Å². The zero-order chi connectivity index (χ0) is 14.7. The largest absolute Gasteiger partial charge is 0.465 e. The average Bonchev–Trinajstić information content (AvgIpc) is 2.85. The molecule has 1 N–H and O–H groups in total. The molecule has 0 amide bonds. The normalized spacial score (nSPS) is 25.4. The highest BCUT2D eigenvalue weighted by Gasteiger charge is 2.45. The molecule has 0 saturated carbocycles. The van der Waals surface area contributed by atoms with Gasteiger partial charge in [0.25, 0.3) is 0 Å². The van der Waals surface area contributed by atoms with Crippen molar-refractivity contribution >= 4 is 5.97 Å². The monoisotopic (exact) mass is 278 g/mol. The van der Waals surface area contributed by atoms with E-state index >= 15 is 0 Å². The molecule has 0 bridgehead atoms. The molecule has 1 heterocycles. The highest BCUT2D eigenvalue weighted by atomic mass is 16.6. The summed E-state index contributed by atoms with van der Waals surface area (Å²) in [6, 6.07) is 5.65. The van der Waals surface area contributed by atoms with Gasteiger partial charge in [-0.1, -0.05) is 29.8 Å². The molecule has 6 nitrogen and oxygen atoms in total. The highest BCUT2D eigenvalue weighted by molar-refractivity contribution is 5.76. The van der Waals surface area contributed by atoms with Crippen LogP contribution in [0.3, 0.4) is 0 Å². The first-order valence-electron chi connectivity index (χ1n) is 6.65. The average molecular weight is 278 g/mol. The van der Waals surface area contributed by atoms with Crippen LogP contribution in [0.25, 0.3) is 0 Å². The lowest BCUT2D eigenvalue weighted by molar-refractivity contribution is -0.524. The van der Waals surface area contributed by atoms with Gasteiger partial charge in [-0.2, -0.15) is 0 Å². The summed E-state index contributed by atoms with van der Waals surface area (Å²) in [5, 5.41) is 14.2. The van der Waals surface area contributed by atoms with E-state index in [1.165, 1.54) is 0 Å². The lowest BCUT2D eigenvalue weighted by Gasteiger charge is -2.14. The fraction of sp³-hybridized carbons (Fsp3) is 0.500. The topological polar surface area (TPSA) is 81.5 Å². The Morgan fingerprint density at radius 2 is 2.10 bits per heavy atom. The third kappa shape index (κ3) is 2.96. The number of nitrogens with one attached hydrogen (secondary N) is 1. The number of ether oxygens (including phenoxy) is 1. The lowest BCUT2D eigenvalue weighted by atomic mass is 10.00. The number of aryl methyl sites for hydroxylation is 1. The van der Waals surface area contributed by atoms with Crippen molar-refractivity contribution in [2.45, 2.75) is 38.4 Å². The van der Waals surface area contributed by atoms with Gasteiger partial charge >= 0.3 is 5.97 Å². The van der Waals surface area contributed by atoms with E-state index in [0.29, 0.717) is 0 Å². The van der Waals surface area contributed by atoms with Crippen LogP contribution in [0.5, 0.6) is 0 Å². The summed E-state index contributed by atoms with van der Waals surface area (Å²) in [5.41, 5.74) is 1.91. The molecule has 0 unspecified atom stereocenters. The van der Waals surface area contributed by atoms with Crippen molar-refractivity contribution in [3.8, 4) is 0 Å². The molecule has 0 spiro atoms. The maximum absolute atomic E-state index is 11.7. The minimum Gasteiger partial charge on any atom is -0.465 e. The molecule has 1 aromatic rings. The van der Waals surface area contributed by atoms with Gasteiger partial charge in [-0.05, 0) is 19.4 Å². The van der Waals surface area contributed by atoms with Gasteiger partial charge in [0.2, 0.25) is 6.04 Å². The summed E-state index contributed by atoms with van der Waals surface area (Å²) >= 11 is 0. The molecular weight excluding hydrogens is 260 g/mol. The summed E-state index contributed by atoms with van der Waals surface area (Å²) in [6.07, 6.45) is 0.157. The van der Waals surface area contributed by atoms with Gasteiger partial charge < -0.3 is 4.74 Å². The Balaban J connectivity index is 2.19. The smallest absolute Gasteiger partial charge is 0.323 e. The molecule has 108 valence electrons. The maximum atomic E-state index is 11.7. The standard InChI is InChI=1S/C14H18N2O4/c1-3-20-14(17)11-8-12(16(18)19)13(15-11)10-6-4-9(2)5-7-10/h4-7,11-13,15H,3,8H2,1-2H3/t11-,12-,13-/m0/s1. The van der Waals surface area contributed by atoms with Crippen molar-refractivity contribution in [1.29, 1.82) is 0 Å². The molecule has 20 heavy (non-hydrogen) atoms. The summed E-state index contributed by atoms with van der Waals surface area (Å²) in [5.74, 6) is -0.422. The van der Waals surface area contributed by atoms with Gasteiger partial charge in [-0.25, -0.2) is 0 Å².